The molecule has 0 amide bonds. The van der Waals surface area contributed by atoms with Crippen LogP contribution in [0.4, 0.5) is 0 Å². The molecule has 2 aromatic rings. The molecule has 0 aliphatic carbocycles. The molecule has 0 unspecified atom stereocenters. The topological polar surface area (TPSA) is 113 Å². The van der Waals surface area contributed by atoms with Crippen molar-refractivity contribution in [1.82, 2.24) is 14.6 Å². The van der Waals surface area contributed by atoms with E-state index in [-0.39, 0.29) is 0 Å². The second kappa shape index (κ2) is 5.98. The molecule has 2 aromatic heterocycles. The van der Waals surface area contributed by atoms with Crippen molar-refractivity contribution in [2.24, 2.45) is 5.41 Å². The number of methoxy groups -OCH3 is 1. The smallest absolute Gasteiger partial charge is 0.234 e. The molecule has 128 valence electrons. The van der Waals surface area contributed by atoms with Crippen LogP contribution in [-0.2, 0) is 15.3 Å². The van der Waals surface area contributed by atoms with Crippen molar-refractivity contribution in [2.75, 3.05) is 20.0 Å². The first-order valence-electron chi connectivity index (χ1n) is 7.29. The van der Waals surface area contributed by atoms with Crippen LogP contribution >= 0.6 is 11.8 Å². The van der Waals surface area contributed by atoms with Gasteiger partial charge in [0.25, 0.3) is 0 Å². The predicted molar refractivity (Wildman–Crippen MR) is 85.1 cm³/mol. The summed E-state index contributed by atoms with van der Waals surface area (Å²) < 4.78 is 13.1. The molecular formula is C15H18N4O4S. The first-order chi connectivity index (χ1) is 11.5. The highest BCUT2D eigenvalue weighted by molar-refractivity contribution is 7.98. The molecule has 0 aromatic carbocycles. The molecular weight excluding hydrogens is 332 g/mol. The number of hydrogen-bond acceptors (Lipinski definition) is 8. The fraction of sp³-hybridized carbons (Fsp3) is 0.533. The third-order valence-corrected chi connectivity index (χ3v) is 5.29. The lowest BCUT2D eigenvalue weighted by Gasteiger charge is -2.36. The maximum Gasteiger partial charge on any atom is 0.234 e. The molecule has 0 saturated carbocycles. The van der Waals surface area contributed by atoms with Crippen molar-refractivity contribution in [3.05, 3.63) is 24.2 Å². The van der Waals surface area contributed by atoms with E-state index < -0.39 is 30.0 Å². The molecule has 0 spiro atoms. The first-order valence-corrected chi connectivity index (χ1v) is 8.52. The molecule has 24 heavy (non-hydrogen) atoms. The summed E-state index contributed by atoms with van der Waals surface area (Å²) in [4.78, 5) is 4.21. The maximum atomic E-state index is 10.5. The van der Waals surface area contributed by atoms with E-state index in [1.807, 2.05) is 12.3 Å². The van der Waals surface area contributed by atoms with Gasteiger partial charge in [0.2, 0.25) is 5.79 Å². The lowest BCUT2D eigenvalue weighted by Crippen LogP contribution is -2.47. The van der Waals surface area contributed by atoms with Gasteiger partial charge in [-0.05, 0) is 25.3 Å². The number of nitriles is 1. The molecule has 9 heteroatoms. The summed E-state index contributed by atoms with van der Waals surface area (Å²) >= 11 is 1.46. The average molecular weight is 350 g/mol. The number of rotatable bonds is 4. The monoisotopic (exact) mass is 350 g/mol. The SMILES string of the molecule is CO[C@@]1(c2ccc3c(SC)ncnn23)O[C@H](CO)[C@@H](O)[C@@]1(C)C#N. The number of fused-ring (bicyclic) bond motifs is 1. The zero-order chi connectivity index (χ0) is 17.5. The quantitative estimate of drug-likeness (QED) is 0.768. The second-order valence-electron chi connectivity index (χ2n) is 5.70. The van der Waals surface area contributed by atoms with Gasteiger partial charge < -0.3 is 19.7 Å². The minimum absolute atomic E-state index is 0.433. The Morgan fingerprint density at radius 2 is 2.29 bits per heavy atom. The molecule has 1 saturated heterocycles. The Kier molecular flexibility index (Phi) is 4.27. The van der Waals surface area contributed by atoms with E-state index >= 15 is 0 Å². The molecule has 3 heterocycles. The van der Waals surface area contributed by atoms with Crippen LogP contribution in [0.25, 0.3) is 5.52 Å². The molecule has 8 nitrogen and oxygen atoms in total. The summed E-state index contributed by atoms with van der Waals surface area (Å²) in [5, 5.41) is 34.8. The highest BCUT2D eigenvalue weighted by Gasteiger charge is 2.66. The molecule has 3 rings (SSSR count). The fourth-order valence-corrected chi connectivity index (χ4v) is 3.77. The third kappa shape index (κ3) is 2.01. The van der Waals surface area contributed by atoms with Crippen LogP contribution in [-0.4, -0.2) is 57.0 Å². The van der Waals surface area contributed by atoms with E-state index in [9.17, 15) is 15.5 Å². The number of aliphatic hydroxyl groups excluding tert-OH is 2. The zero-order valence-corrected chi connectivity index (χ0v) is 14.3. The highest BCUT2D eigenvalue weighted by Crippen LogP contribution is 2.53. The van der Waals surface area contributed by atoms with Gasteiger partial charge in [-0.25, -0.2) is 9.50 Å². The van der Waals surface area contributed by atoms with Crippen LogP contribution in [0.2, 0.25) is 0 Å². The van der Waals surface area contributed by atoms with E-state index in [4.69, 9.17) is 9.47 Å². The van der Waals surface area contributed by atoms with Crippen molar-refractivity contribution in [3.63, 3.8) is 0 Å². The van der Waals surface area contributed by atoms with E-state index in [1.165, 1.54) is 25.2 Å². The van der Waals surface area contributed by atoms with Crippen LogP contribution < -0.4 is 0 Å². The van der Waals surface area contributed by atoms with Crippen LogP contribution in [0.3, 0.4) is 0 Å². The molecule has 1 fully saturated rings. The molecule has 4 atom stereocenters. The molecule has 2 N–H and O–H groups in total. The summed E-state index contributed by atoms with van der Waals surface area (Å²) in [7, 11) is 1.40. The van der Waals surface area contributed by atoms with Crippen molar-refractivity contribution >= 4 is 17.3 Å². The van der Waals surface area contributed by atoms with Gasteiger partial charge >= 0.3 is 0 Å². The number of aromatic nitrogens is 3. The minimum Gasteiger partial charge on any atom is -0.394 e. The van der Waals surface area contributed by atoms with Gasteiger partial charge in [0.1, 0.15) is 34.7 Å². The van der Waals surface area contributed by atoms with Gasteiger partial charge in [0.15, 0.2) is 0 Å². The molecule has 0 bridgehead atoms. The molecule has 1 aliphatic heterocycles. The van der Waals surface area contributed by atoms with Crippen LogP contribution in [0.1, 0.15) is 12.6 Å². The largest absolute Gasteiger partial charge is 0.394 e. The number of thioether (sulfide) groups is 1. The second-order valence-corrected chi connectivity index (χ2v) is 6.50. The normalized spacial score (nSPS) is 33.0. The Balaban J connectivity index is 2.27. The Morgan fingerprint density at radius 1 is 1.54 bits per heavy atom. The fourth-order valence-electron chi connectivity index (χ4n) is 3.25. The van der Waals surface area contributed by atoms with Gasteiger partial charge in [-0.15, -0.1) is 11.8 Å². The minimum atomic E-state index is -1.58. The maximum absolute atomic E-state index is 10.5. The van der Waals surface area contributed by atoms with Crippen LogP contribution in [0.5, 0.6) is 0 Å². The zero-order valence-electron chi connectivity index (χ0n) is 13.5. The summed E-state index contributed by atoms with van der Waals surface area (Å²) in [5.41, 5.74) is -0.243. The summed E-state index contributed by atoms with van der Waals surface area (Å²) in [5.74, 6) is -1.58. The number of aliphatic hydroxyl groups is 2. The van der Waals surface area contributed by atoms with Crippen LogP contribution in [0, 0.1) is 16.7 Å². The number of ether oxygens (including phenoxy) is 2. The van der Waals surface area contributed by atoms with Crippen molar-refractivity contribution < 1.29 is 19.7 Å². The van der Waals surface area contributed by atoms with Gasteiger partial charge in [0.05, 0.1) is 18.2 Å². The molecule has 0 radical (unpaired) electrons. The lowest BCUT2D eigenvalue weighted by atomic mass is 9.76. The van der Waals surface area contributed by atoms with Crippen molar-refractivity contribution in [2.45, 2.75) is 29.9 Å². The Labute approximate surface area is 143 Å². The van der Waals surface area contributed by atoms with Crippen LogP contribution in [0.15, 0.2) is 23.5 Å². The predicted octanol–water partition coefficient (Wildman–Crippen LogP) is 0.532. The average Bonchev–Trinajstić information content (AvgIpc) is 3.14. The van der Waals surface area contributed by atoms with E-state index in [0.29, 0.717) is 5.69 Å². The van der Waals surface area contributed by atoms with Gasteiger partial charge in [-0.2, -0.15) is 10.4 Å². The van der Waals surface area contributed by atoms with Gasteiger partial charge in [-0.3, -0.25) is 0 Å². The van der Waals surface area contributed by atoms with Gasteiger partial charge in [-0.1, -0.05) is 0 Å². The van der Waals surface area contributed by atoms with Crippen molar-refractivity contribution in [3.8, 4) is 6.07 Å². The Bertz CT molecular complexity index is 806. The van der Waals surface area contributed by atoms with Gasteiger partial charge in [0, 0.05) is 7.11 Å². The van der Waals surface area contributed by atoms with E-state index in [1.54, 1.807) is 17.5 Å². The highest BCUT2D eigenvalue weighted by atomic mass is 32.2. The van der Waals surface area contributed by atoms with Crippen molar-refractivity contribution in [1.29, 1.82) is 5.26 Å². The van der Waals surface area contributed by atoms with E-state index in [0.717, 1.165) is 10.5 Å². The Morgan fingerprint density at radius 3 is 2.88 bits per heavy atom. The molecule has 1 aliphatic rings. The number of hydrogen-bond donors (Lipinski definition) is 2. The summed E-state index contributed by atoms with van der Waals surface area (Å²) in [6, 6.07) is 5.64. The first kappa shape index (κ1) is 17.1. The lowest BCUT2D eigenvalue weighted by molar-refractivity contribution is -0.259. The summed E-state index contributed by atoms with van der Waals surface area (Å²) in [6.45, 7) is 1.12. The third-order valence-electron chi connectivity index (χ3n) is 4.59. The number of nitrogens with zero attached hydrogens (tertiary/aromatic N) is 4. The Hall–Kier alpha value is -1.70. The van der Waals surface area contributed by atoms with E-state index in [2.05, 4.69) is 16.2 Å². The standard InChI is InChI=1S/C15H18N4O4S/c1-14(7-16)12(21)10(6-20)23-15(14,22-2)11-5-4-9-13(24-3)17-8-18-19(9)11/h4-5,8,10,12,20-21H,6H2,1-3H3/t10-,12-,14-,15+/m1/s1. The summed E-state index contributed by atoms with van der Waals surface area (Å²) in [6.07, 6.45) is 1.14.